The van der Waals surface area contributed by atoms with Crippen molar-refractivity contribution in [2.24, 2.45) is 0 Å². The Morgan fingerprint density at radius 3 is 2.97 bits per heavy atom. The molecular weight excluding hydrogens is 402 g/mol. The van der Waals surface area contributed by atoms with Gasteiger partial charge in [0.2, 0.25) is 0 Å². The molecule has 3 aromatic rings. The SMILES string of the molecule is Cc1ccc2c(c1-c1ccc3c(c1)CCN(C)[C@H]3CNc1cnccc1C(=O)O)CCO2. The lowest BCUT2D eigenvalue weighted by molar-refractivity contribution is 0.0697. The van der Waals surface area contributed by atoms with Crippen molar-refractivity contribution in [1.29, 1.82) is 0 Å². The highest BCUT2D eigenvalue weighted by molar-refractivity contribution is 5.93. The molecule has 5 rings (SSSR count). The van der Waals surface area contributed by atoms with Crippen molar-refractivity contribution in [3.05, 3.63) is 76.6 Å². The summed E-state index contributed by atoms with van der Waals surface area (Å²) in [4.78, 5) is 17.9. The molecule has 2 N–H and O–H groups in total. The van der Waals surface area contributed by atoms with Crippen molar-refractivity contribution in [3.8, 4) is 16.9 Å². The Hall–Kier alpha value is -3.38. The number of carbonyl (C=O) groups is 1. The number of carboxylic acids is 1. The Morgan fingerprint density at radius 1 is 1.25 bits per heavy atom. The topological polar surface area (TPSA) is 74.7 Å². The second-order valence-electron chi connectivity index (χ2n) is 8.60. The van der Waals surface area contributed by atoms with Crippen molar-refractivity contribution in [3.63, 3.8) is 0 Å². The summed E-state index contributed by atoms with van der Waals surface area (Å²) in [6.07, 6.45) is 5.03. The molecule has 164 valence electrons. The third kappa shape index (κ3) is 3.60. The molecule has 0 aliphatic carbocycles. The van der Waals surface area contributed by atoms with E-state index in [-0.39, 0.29) is 11.6 Å². The quantitative estimate of drug-likeness (QED) is 0.629. The van der Waals surface area contributed by atoms with Crippen molar-refractivity contribution in [1.82, 2.24) is 9.88 Å². The van der Waals surface area contributed by atoms with E-state index < -0.39 is 5.97 Å². The minimum atomic E-state index is -0.952. The summed E-state index contributed by atoms with van der Waals surface area (Å²) in [5.41, 5.74) is 8.58. The number of nitrogens with zero attached hydrogens (tertiary/aromatic N) is 2. The summed E-state index contributed by atoms with van der Waals surface area (Å²) in [7, 11) is 2.12. The summed E-state index contributed by atoms with van der Waals surface area (Å²) in [6, 6.07) is 12.7. The van der Waals surface area contributed by atoms with Crippen molar-refractivity contribution in [2.75, 3.05) is 32.1 Å². The Morgan fingerprint density at radius 2 is 2.12 bits per heavy atom. The van der Waals surface area contributed by atoms with Crippen LogP contribution >= 0.6 is 0 Å². The molecule has 2 aliphatic heterocycles. The monoisotopic (exact) mass is 429 g/mol. The molecule has 0 amide bonds. The molecule has 6 heteroatoms. The first kappa shape index (κ1) is 20.5. The van der Waals surface area contributed by atoms with E-state index >= 15 is 0 Å². The van der Waals surface area contributed by atoms with Gasteiger partial charge in [-0.3, -0.25) is 9.88 Å². The fourth-order valence-corrected chi connectivity index (χ4v) is 4.98. The molecule has 2 aromatic carbocycles. The highest BCUT2D eigenvalue weighted by Gasteiger charge is 2.26. The minimum Gasteiger partial charge on any atom is -0.493 e. The number of hydrogen-bond donors (Lipinski definition) is 2. The van der Waals surface area contributed by atoms with Gasteiger partial charge >= 0.3 is 5.97 Å². The summed E-state index contributed by atoms with van der Waals surface area (Å²) in [5, 5.41) is 12.8. The van der Waals surface area contributed by atoms with Gasteiger partial charge in [0.25, 0.3) is 0 Å². The number of anilines is 1. The van der Waals surface area contributed by atoms with Gasteiger partial charge in [0.1, 0.15) is 5.75 Å². The minimum absolute atomic E-state index is 0.153. The van der Waals surface area contributed by atoms with E-state index in [4.69, 9.17) is 4.74 Å². The molecule has 1 atom stereocenters. The first-order chi connectivity index (χ1) is 15.5. The fraction of sp³-hybridized carbons (Fsp3) is 0.308. The van der Waals surface area contributed by atoms with Crippen LogP contribution in [0.1, 0.15) is 38.7 Å². The normalized spacial score (nSPS) is 17.4. The van der Waals surface area contributed by atoms with E-state index in [0.717, 1.165) is 31.7 Å². The molecule has 1 aromatic heterocycles. The molecule has 0 unspecified atom stereocenters. The number of pyridine rings is 1. The first-order valence-electron chi connectivity index (χ1n) is 11.0. The maximum Gasteiger partial charge on any atom is 0.337 e. The smallest absolute Gasteiger partial charge is 0.337 e. The van der Waals surface area contributed by atoms with E-state index in [2.05, 4.69) is 59.5 Å². The lowest BCUT2D eigenvalue weighted by Gasteiger charge is -2.35. The molecule has 32 heavy (non-hydrogen) atoms. The number of benzene rings is 2. The Kier molecular flexibility index (Phi) is 5.31. The highest BCUT2D eigenvalue weighted by Crippen LogP contribution is 2.39. The molecule has 0 fully saturated rings. The summed E-state index contributed by atoms with van der Waals surface area (Å²) in [5.74, 6) is 0.0579. The Bertz CT molecular complexity index is 1190. The molecule has 0 bridgehead atoms. The molecule has 2 aliphatic rings. The van der Waals surface area contributed by atoms with Gasteiger partial charge in [0.05, 0.1) is 30.1 Å². The average molecular weight is 430 g/mol. The number of rotatable bonds is 5. The van der Waals surface area contributed by atoms with Crippen LogP contribution in [0.15, 0.2) is 48.8 Å². The Balaban J connectivity index is 1.45. The second-order valence-corrected chi connectivity index (χ2v) is 8.60. The molecule has 0 saturated carbocycles. The highest BCUT2D eigenvalue weighted by atomic mass is 16.5. The van der Waals surface area contributed by atoms with Gasteiger partial charge in [0, 0.05) is 31.3 Å². The van der Waals surface area contributed by atoms with Crippen molar-refractivity contribution in [2.45, 2.75) is 25.8 Å². The summed E-state index contributed by atoms with van der Waals surface area (Å²) >= 11 is 0. The summed E-state index contributed by atoms with van der Waals surface area (Å²) < 4.78 is 5.80. The zero-order valence-corrected chi connectivity index (χ0v) is 18.4. The van der Waals surface area contributed by atoms with Crippen molar-refractivity contribution >= 4 is 11.7 Å². The molecular formula is C26H27N3O3. The number of nitrogens with one attached hydrogen (secondary N) is 1. The number of carboxylic acid groups (broad SMARTS) is 1. The van der Waals surface area contributed by atoms with E-state index in [9.17, 15) is 9.90 Å². The number of aromatic carboxylic acids is 1. The Labute approximate surface area is 187 Å². The predicted molar refractivity (Wildman–Crippen MR) is 125 cm³/mol. The number of aromatic nitrogens is 1. The van der Waals surface area contributed by atoms with E-state index in [0.29, 0.717) is 12.2 Å². The van der Waals surface area contributed by atoms with Gasteiger partial charge in [-0.1, -0.05) is 24.3 Å². The van der Waals surface area contributed by atoms with Crippen LogP contribution in [0.4, 0.5) is 5.69 Å². The van der Waals surface area contributed by atoms with E-state index in [1.807, 2.05) is 0 Å². The molecule has 0 radical (unpaired) electrons. The lowest BCUT2D eigenvalue weighted by Crippen LogP contribution is -2.36. The van der Waals surface area contributed by atoms with E-state index in [1.54, 1.807) is 6.20 Å². The summed E-state index contributed by atoms with van der Waals surface area (Å²) in [6.45, 7) is 4.49. The molecule has 6 nitrogen and oxygen atoms in total. The van der Waals surface area contributed by atoms with Gasteiger partial charge in [-0.15, -0.1) is 0 Å². The molecule has 3 heterocycles. The number of hydrogen-bond acceptors (Lipinski definition) is 5. The van der Waals surface area contributed by atoms with Gasteiger partial charge in [-0.05, 0) is 60.3 Å². The molecule has 0 saturated heterocycles. The largest absolute Gasteiger partial charge is 0.493 e. The first-order valence-corrected chi connectivity index (χ1v) is 11.0. The maximum atomic E-state index is 11.5. The van der Waals surface area contributed by atoms with Gasteiger partial charge in [-0.2, -0.15) is 0 Å². The van der Waals surface area contributed by atoms with Crippen LogP contribution in [-0.4, -0.2) is 47.7 Å². The van der Waals surface area contributed by atoms with Crippen LogP contribution in [-0.2, 0) is 12.8 Å². The molecule has 0 spiro atoms. The van der Waals surface area contributed by atoms with Crippen LogP contribution in [0.3, 0.4) is 0 Å². The van der Waals surface area contributed by atoms with Crippen LogP contribution in [0.2, 0.25) is 0 Å². The van der Waals surface area contributed by atoms with Crippen molar-refractivity contribution < 1.29 is 14.6 Å². The third-order valence-electron chi connectivity index (χ3n) is 6.68. The zero-order chi connectivity index (χ0) is 22.2. The lowest BCUT2D eigenvalue weighted by atomic mass is 9.87. The zero-order valence-electron chi connectivity index (χ0n) is 18.4. The predicted octanol–water partition coefficient (Wildman–Crippen LogP) is 4.33. The van der Waals surface area contributed by atoms with E-state index in [1.165, 1.54) is 45.6 Å². The number of aryl methyl sites for hydroxylation is 1. The second kappa shape index (κ2) is 8.28. The van der Waals surface area contributed by atoms with Gasteiger partial charge < -0.3 is 15.2 Å². The average Bonchev–Trinajstić information content (AvgIpc) is 3.27. The third-order valence-corrected chi connectivity index (χ3v) is 6.68. The fourth-order valence-electron chi connectivity index (χ4n) is 4.98. The number of ether oxygens (including phenoxy) is 1. The number of likely N-dealkylation sites (N-methyl/N-ethyl adjacent to an activating group) is 1. The van der Waals surface area contributed by atoms with Crippen LogP contribution in [0.25, 0.3) is 11.1 Å². The number of fused-ring (bicyclic) bond motifs is 2. The van der Waals surface area contributed by atoms with Crippen LogP contribution < -0.4 is 10.1 Å². The van der Waals surface area contributed by atoms with Gasteiger partial charge in [-0.25, -0.2) is 4.79 Å². The van der Waals surface area contributed by atoms with Gasteiger partial charge in [0.15, 0.2) is 0 Å². The maximum absolute atomic E-state index is 11.5. The standard InChI is InChI=1S/C26H27N3O3/c1-16-3-6-24-21(9-12-32-24)25(16)18-4-5-19-17(13-18)8-11-29(2)23(19)15-28-22-14-27-10-7-20(22)26(30)31/h3-7,10,13-14,23,28H,8-9,11-12,15H2,1-2H3,(H,30,31)/t23-/m0/s1. The van der Waals surface area contributed by atoms with Crippen LogP contribution in [0, 0.1) is 6.92 Å². The van der Waals surface area contributed by atoms with Crippen LogP contribution in [0.5, 0.6) is 5.75 Å².